The normalized spacial score (nSPS) is 51.6. The predicted octanol–water partition coefficient (Wildman–Crippen LogP) is -0.394. The number of hydrogen-bond acceptors (Lipinski definition) is 21. The van der Waals surface area contributed by atoms with Crippen molar-refractivity contribution in [3.05, 3.63) is 24.0 Å². The van der Waals surface area contributed by atoms with Crippen LogP contribution in [-0.2, 0) is 42.6 Å². The Morgan fingerprint density at radius 3 is 1.89 bits per heavy atom. The highest BCUT2D eigenvalue weighted by Gasteiger charge is 2.62. The molecule has 12 N–H and O–H groups in total. The SMILES string of the molecule is C=C(CC[C@@H](C)CO[C@@H]1OC(CO)[C@@H](O)[C@H](O)C1O)O[C@H]1C[C@H]2[C@@H]3CC=C4C[C@@H](O[C@@H]5OC(CO)[C@@H](O[C@@H]6OC(C)[C@H](O)C(O)[C@H]6O)[C@H](O)C5O[C@@H]5OC(C)[C@H](O)C(O)[C@@H]5O)CC[C@]4(C)[C@H]3CC[C@]2(C)[C@H]1CC. The highest BCUT2D eigenvalue weighted by atomic mass is 16.8. The minimum absolute atomic E-state index is 0.0166. The maximum absolute atomic E-state index is 12.1. The van der Waals surface area contributed by atoms with Crippen LogP contribution in [0.25, 0.3) is 0 Å². The summed E-state index contributed by atoms with van der Waals surface area (Å²) in [4.78, 5) is 0. The Hall–Kier alpha value is -1.52. The third kappa shape index (κ3) is 11.2. The van der Waals surface area contributed by atoms with E-state index in [4.69, 9.17) is 42.6 Å². The van der Waals surface area contributed by atoms with Crippen LogP contribution in [0.3, 0.4) is 0 Å². The van der Waals surface area contributed by atoms with Gasteiger partial charge >= 0.3 is 0 Å². The number of rotatable bonds is 17. The first-order valence-electron chi connectivity index (χ1n) is 26.8. The van der Waals surface area contributed by atoms with Crippen molar-refractivity contribution in [1.82, 2.24) is 0 Å². The lowest BCUT2D eigenvalue weighted by molar-refractivity contribution is -0.388. The molecule has 3 saturated carbocycles. The topological polar surface area (TPSA) is 326 Å². The third-order valence-corrected chi connectivity index (χ3v) is 18.7. The van der Waals surface area contributed by atoms with Crippen LogP contribution in [0.2, 0.25) is 0 Å². The molecular formula is C52H86O21. The van der Waals surface area contributed by atoms with Gasteiger partial charge in [-0.15, -0.1) is 0 Å². The summed E-state index contributed by atoms with van der Waals surface area (Å²) in [6.45, 7) is 15.4. The predicted molar refractivity (Wildman–Crippen MR) is 254 cm³/mol. The van der Waals surface area contributed by atoms with Gasteiger partial charge in [-0.2, -0.15) is 0 Å². The second-order valence-corrected chi connectivity index (χ2v) is 23.2. The molecule has 0 bridgehead atoms. The zero-order valence-corrected chi connectivity index (χ0v) is 43.1. The minimum Gasteiger partial charge on any atom is -0.495 e. The first-order valence-corrected chi connectivity index (χ1v) is 26.8. The lowest BCUT2D eigenvalue weighted by Crippen LogP contribution is -2.66. The highest BCUT2D eigenvalue weighted by molar-refractivity contribution is 5.26. The summed E-state index contributed by atoms with van der Waals surface area (Å²) in [5.74, 6) is 2.38. The second kappa shape index (κ2) is 23.4. The van der Waals surface area contributed by atoms with Crippen LogP contribution in [0.4, 0.5) is 0 Å². The number of allylic oxidation sites excluding steroid dienone is 2. The molecule has 4 heterocycles. The summed E-state index contributed by atoms with van der Waals surface area (Å²) in [7, 11) is 0. The molecule has 4 aliphatic heterocycles. The first kappa shape index (κ1) is 57.6. The molecule has 21 nitrogen and oxygen atoms in total. The van der Waals surface area contributed by atoms with Gasteiger partial charge in [-0.25, -0.2) is 0 Å². The van der Waals surface area contributed by atoms with E-state index in [1.54, 1.807) is 0 Å². The standard InChI is InChI=1S/C52H86O21/c1-8-29-32(66-23(3)10-9-22(2)21-65-47-41(61)40(60)37(57)33(19-53)70-47)18-31-28-12-11-26-17-27(13-15-51(26,6)30(28)14-16-52(29,31)7)69-50-46(73-49-43(63)39(59)36(56)25(5)68-49)44(64)45(34(20-54)71-50)72-48-42(62)38(58)35(55)24(4)67-48/h11,22,24-25,27-50,53-64H,3,8-10,12-21H2,1-2,4-7H3/t22-,24?,25?,27+,28-,29+,30+,31+,32+,33?,34?,35+,36+,37-,38?,39?,40+,41?,42-,43+,44+,45-,46?,47-,48+,49+,50-,51+,52-/m1/s1. The van der Waals surface area contributed by atoms with Crippen molar-refractivity contribution in [3.8, 4) is 0 Å². The van der Waals surface area contributed by atoms with Crippen LogP contribution in [0.1, 0.15) is 106 Å². The smallest absolute Gasteiger partial charge is 0.187 e. The quantitative estimate of drug-likeness (QED) is 0.0652. The van der Waals surface area contributed by atoms with Crippen LogP contribution in [0.5, 0.6) is 0 Å². The van der Waals surface area contributed by atoms with E-state index in [9.17, 15) is 61.3 Å². The molecule has 4 saturated heterocycles. The van der Waals surface area contributed by atoms with E-state index in [0.717, 1.165) is 38.5 Å². The average Bonchev–Trinajstić information content (AvgIpc) is 3.66. The monoisotopic (exact) mass is 1050 g/mol. The molecule has 0 aromatic heterocycles. The van der Waals surface area contributed by atoms with E-state index in [1.165, 1.54) is 19.4 Å². The van der Waals surface area contributed by atoms with Gasteiger partial charge in [-0.3, -0.25) is 0 Å². The Morgan fingerprint density at radius 2 is 1.27 bits per heavy atom. The van der Waals surface area contributed by atoms with Crippen molar-refractivity contribution in [2.24, 2.45) is 40.4 Å². The maximum Gasteiger partial charge on any atom is 0.187 e. The van der Waals surface area contributed by atoms with Crippen molar-refractivity contribution < 1.29 is 104 Å². The molecule has 0 aromatic rings. The van der Waals surface area contributed by atoms with Gasteiger partial charge in [0.15, 0.2) is 25.2 Å². The van der Waals surface area contributed by atoms with E-state index < -0.39 is 142 Å². The molecule has 73 heavy (non-hydrogen) atoms. The number of aliphatic hydroxyl groups excluding tert-OH is 12. The van der Waals surface area contributed by atoms with Crippen molar-refractivity contribution in [2.75, 3.05) is 19.8 Å². The van der Waals surface area contributed by atoms with Gasteiger partial charge in [0.25, 0.3) is 0 Å². The van der Waals surface area contributed by atoms with Gasteiger partial charge in [0.1, 0.15) is 91.6 Å². The molecule has 29 atom stereocenters. The molecule has 8 aliphatic rings. The van der Waals surface area contributed by atoms with Crippen LogP contribution < -0.4 is 0 Å². The lowest BCUT2D eigenvalue weighted by atomic mass is 9.47. The van der Waals surface area contributed by atoms with E-state index in [1.807, 2.05) is 6.92 Å². The van der Waals surface area contributed by atoms with Gasteiger partial charge in [-0.1, -0.05) is 45.9 Å². The molecule has 7 fully saturated rings. The zero-order valence-electron chi connectivity index (χ0n) is 43.1. The van der Waals surface area contributed by atoms with Gasteiger partial charge in [0.2, 0.25) is 0 Å². The van der Waals surface area contributed by atoms with Crippen LogP contribution >= 0.6 is 0 Å². The molecule has 0 radical (unpaired) electrons. The lowest BCUT2D eigenvalue weighted by Gasteiger charge is -2.58. The summed E-state index contributed by atoms with van der Waals surface area (Å²) < 4.78 is 54.7. The fourth-order valence-electron chi connectivity index (χ4n) is 14.1. The molecule has 420 valence electrons. The summed E-state index contributed by atoms with van der Waals surface area (Å²) in [5, 5.41) is 126. The van der Waals surface area contributed by atoms with E-state index in [0.29, 0.717) is 55.1 Å². The van der Waals surface area contributed by atoms with Gasteiger partial charge in [0.05, 0.1) is 43.9 Å². The molecule has 21 heteroatoms. The fraction of sp³-hybridized carbons (Fsp3) is 0.923. The minimum atomic E-state index is -1.74. The number of fused-ring (bicyclic) bond motifs is 5. The van der Waals surface area contributed by atoms with Crippen LogP contribution in [-0.4, -0.2) is 216 Å². The summed E-state index contributed by atoms with van der Waals surface area (Å²) in [6.07, 6.45) is -18.4. The van der Waals surface area contributed by atoms with Crippen LogP contribution in [0, 0.1) is 40.4 Å². The molecule has 0 spiro atoms. The Labute approximate surface area is 427 Å². The maximum atomic E-state index is 12.1. The Balaban J connectivity index is 0.912. The first-order chi connectivity index (χ1) is 34.6. The van der Waals surface area contributed by atoms with Gasteiger partial charge in [0, 0.05) is 12.3 Å². The number of aliphatic hydroxyl groups is 12. The van der Waals surface area contributed by atoms with Gasteiger partial charge in [-0.05, 0) is 106 Å². The van der Waals surface area contributed by atoms with Crippen molar-refractivity contribution in [2.45, 2.75) is 241 Å². The largest absolute Gasteiger partial charge is 0.495 e. The second-order valence-electron chi connectivity index (χ2n) is 23.2. The Bertz CT molecular complexity index is 1860. The Kier molecular flexibility index (Phi) is 18.5. The molecule has 8 unspecified atom stereocenters. The third-order valence-electron chi connectivity index (χ3n) is 18.7. The summed E-state index contributed by atoms with van der Waals surface area (Å²) in [5.41, 5.74) is 1.26. The number of ether oxygens (including phenoxy) is 9. The van der Waals surface area contributed by atoms with Crippen molar-refractivity contribution >= 4 is 0 Å². The molecule has 4 aliphatic carbocycles. The fourth-order valence-corrected chi connectivity index (χ4v) is 14.1. The molecule has 0 amide bonds. The van der Waals surface area contributed by atoms with Gasteiger partial charge < -0.3 is 104 Å². The van der Waals surface area contributed by atoms with Crippen LogP contribution in [0.15, 0.2) is 24.0 Å². The van der Waals surface area contributed by atoms with E-state index in [-0.39, 0.29) is 29.5 Å². The van der Waals surface area contributed by atoms with Crippen molar-refractivity contribution in [3.63, 3.8) is 0 Å². The molecule has 8 rings (SSSR count). The average molecular weight is 1050 g/mol. The highest BCUT2D eigenvalue weighted by Crippen LogP contribution is 2.67. The summed E-state index contributed by atoms with van der Waals surface area (Å²) in [6, 6.07) is 0. The van der Waals surface area contributed by atoms with Crippen molar-refractivity contribution in [1.29, 1.82) is 0 Å². The van der Waals surface area contributed by atoms with E-state index >= 15 is 0 Å². The zero-order chi connectivity index (χ0) is 53.0. The van der Waals surface area contributed by atoms with E-state index in [2.05, 4.69) is 33.4 Å². The molecule has 0 aromatic carbocycles. The summed E-state index contributed by atoms with van der Waals surface area (Å²) >= 11 is 0. The number of hydrogen-bond donors (Lipinski definition) is 12. The Morgan fingerprint density at radius 1 is 0.685 bits per heavy atom. The molecular weight excluding hydrogens is 961 g/mol.